The molecule has 1 aromatic carbocycles. The third-order valence-electron chi connectivity index (χ3n) is 4.42. The van der Waals surface area contributed by atoms with Crippen molar-refractivity contribution in [3.8, 4) is 0 Å². The Bertz CT molecular complexity index is 533. The van der Waals surface area contributed by atoms with Crippen molar-refractivity contribution in [3.63, 3.8) is 0 Å². The Morgan fingerprint density at radius 1 is 1.32 bits per heavy atom. The number of carbonyl (C=O) groups excluding carboxylic acids is 1. The number of Topliss-reactive ketones (excluding diaryl/α,β-unsaturated/α-hetero) is 1. The zero-order chi connectivity index (χ0) is 14.6. The number of aliphatic hydroxyl groups is 1. The van der Waals surface area contributed by atoms with Crippen LogP contribution in [0.15, 0.2) is 12.1 Å². The molecule has 0 fully saturated rings. The lowest BCUT2D eigenvalue weighted by molar-refractivity contribution is 0.101. The smallest absolute Gasteiger partial charge is 0.160 e. The van der Waals surface area contributed by atoms with Gasteiger partial charge in [0.15, 0.2) is 5.78 Å². The summed E-state index contributed by atoms with van der Waals surface area (Å²) in [5.41, 5.74) is 3.85. The van der Waals surface area contributed by atoms with Crippen molar-refractivity contribution in [1.82, 2.24) is 0 Å². The summed E-state index contributed by atoms with van der Waals surface area (Å²) >= 11 is 0. The van der Waals surface area contributed by atoms with Crippen LogP contribution < -0.4 is 0 Å². The van der Waals surface area contributed by atoms with Crippen LogP contribution in [-0.4, -0.2) is 17.0 Å². The van der Waals surface area contributed by atoms with Crippen molar-refractivity contribution in [2.75, 3.05) is 0 Å². The van der Waals surface area contributed by atoms with Gasteiger partial charge in [0.2, 0.25) is 0 Å². The van der Waals surface area contributed by atoms with Gasteiger partial charge in [-0.2, -0.15) is 0 Å². The van der Waals surface area contributed by atoms with Gasteiger partial charge in [-0.15, -0.1) is 0 Å². The number of hydrogen-bond donors (Lipinski definition) is 1. The summed E-state index contributed by atoms with van der Waals surface area (Å²) < 4.78 is 0. The molecule has 0 aromatic heterocycles. The number of hydrogen-bond acceptors (Lipinski definition) is 2. The number of rotatable bonds is 1. The van der Waals surface area contributed by atoms with E-state index in [-0.39, 0.29) is 16.6 Å². The molecule has 0 spiro atoms. The highest BCUT2D eigenvalue weighted by Gasteiger charge is 2.40. The molecule has 0 aliphatic heterocycles. The van der Waals surface area contributed by atoms with Crippen LogP contribution in [0.3, 0.4) is 0 Å². The number of carbonyl (C=O) groups is 1. The van der Waals surface area contributed by atoms with Gasteiger partial charge < -0.3 is 5.11 Å². The molecule has 0 amide bonds. The maximum Gasteiger partial charge on any atom is 0.160 e. The summed E-state index contributed by atoms with van der Waals surface area (Å²) in [5, 5.41) is 10.3. The Kier molecular flexibility index (Phi) is 3.13. The summed E-state index contributed by atoms with van der Waals surface area (Å²) in [4.78, 5) is 11.9. The Hall–Kier alpha value is -1.15. The Labute approximate surface area is 115 Å². The summed E-state index contributed by atoms with van der Waals surface area (Å²) in [7, 11) is 0. The molecule has 0 saturated carbocycles. The van der Waals surface area contributed by atoms with Gasteiger partial charge in [0.1, 0.15) is 0 Å². The van der Waals surface area contributed by atoms with Crippen LogP contribution in [-0.2, 0) is 17.3 Å². The van der Waals surface area contributed by atoms with Crippen molar-refractivity contribution in [2.45, 2.75) is 64.9 Å². The Balaban J connectivity index is 2.74. The lowest BCUT2D eigenvalue weighted by Gasteiger charge is -2.27. The first-order chi connectivity index (χ1) is 8.55. The minimum atomic E-state index is -0.407. The van der Waals surface area contributed by atoms with Gasteiger partial charge in [-0.1, -0.05) is 40.7 Å². The van der Waals surface area contributed by atoms with E-state index in [9.17, 15) is 9.90 Å². The van der Waals surface area contributed by atoms with Crippen LogP contribution in [0.5, 0.6) is 0 Å². The Morgan fingerprint density at radius 3 is 2.37 bits per heavy atom. The molecular weight excluding hydrogens is 236 g/mol. The summed E-state index contributed by atoms with van der Waals surface area (Å²) in [5.74, 6) is 0.0900. The standard InChI is InChI=1S/C17H24O2/c1-10(18)12-7-11(16(2,3)4)8-14-13(12)9-15(19)17(14,5)6/h7-8,15,19H,9H2,1-6H3. The number of ketones is 1. The number of fused-ring (bicyclic) bond motifs is 1. The van der Waals surface area contributed by atoms with Crippen LogP contribution >= 0.6 is 0 Å². The summed E-state index contributed by atoms with van der Waals surface area (Å²) in [6.07, 6.45) is 0.178. The molecular formula is C17H24O2. The molecule has 2 nitrogen and oxygen atoms in total. The average Bonchev–Trinajstić information content (AvgIpc) is 2.48. The summed E-state index contributed by atoms with van der Waals surface area (Å²) in [6, 6.07) is 4.19. The van der Waals surface area contributed by atoms with E-state index in [1.165, 1.54) is 5.56 Å². The van der Waals surface area contributed by atoms with Crippen LogP contribution in [0.4, 0.5) is 0 Å². The maximum atomic E-state index is 11.9. The van der Waals surface area contributed by atoms with Crippen LogP contribution in [0, 0.1) is 0 Å². The SMILES string of the molecule is CC(=O)c1cc(C(C)(C)C)cc2c1CC(O)C2(C)C. The zero-order valence-corrected chi connectivity index (χ0v) is 12.8. The lowest BCUT2D eigenvalue weighted by Crippen LogP contribution is -2.29. The summed E-state index contributed by atoms with van der Waals surface area (Å²) in [6.45, 7) is 12.2. The number of aliphatic hydroxyl groups excluding tert-OH is 1. The highest BCUT2D eigenvalue weighted by Crippen LogP contribution is 2.42. The molecule has 2 heteroatoms. The predicted molar refractivity (Wildman–Crippen MR) is 77.9 cm³/mol. The second-order valence-electron chi connectivity index (χ2n) is 7.30. The van der Waals surface area contributed by atoms with Gasteiger partial charge in [-0.3, -0.25) is 4.79 Å². The molecule has 1 aliphatic carbocycles. The van der Waals surface area contributed by atoms with E-state index in [0.717, 1.165) is 16.7 Å². The largest absolute Gasteiger partial charge is 0.392 e. The van der Waals surface area contributed by atoms with Crippen molar-refractivity contribution >= 4 is 5.78 Å². The molecule has 1 atom stereocenters. The van der Waals surface area contributed by atoms with Crippen molar-refractivity contribution in [3.05, 3.63) is 34.4 Å². The molecule has 104 valence electrons. The third-order valence-corrected chi connectivity index (χ3v) is 4.42. The van der Waals surface area contributed by atoms with Gasteiger partial charge in [0.25, 0.3) is 0 Å². The lowest BCUT2D eigenvalue weighted by atomic mass is 9.78. The van der Waals surface area contributed by atoms with Crippen LogP contribution in [0.1, 0.15) is 68.6 Å². The highest BCUT2D eigenvalue weighted by molar-refractivity contribution is 5.96. The van der Waals surface area contributed by atoms with Gasteiger partial charge in [0, 0.05) is 17.4 Å². The van der Waals surface area contributed by atoms with Crippen LogP contribution in [0.2, 0.25) is 0 Å². The van der Waals surface area contributed by atoms with E-state index in [0.29, 0.717) is 6.42 Å². The molecule has 1 aromatic rings. The zero-order valence-electron chi connectivity index (χ0n) is 12.8. The first-order valence-electron chi connectivity index (χ1n) is 6.92. The van der Waals surface area contributed by atoms with E-state index in [1.807, 2.05) is 6.07 Å². The quantitative estimate of drug-likeness (QED) is 0.786. The first kappa shape index (κ1) is 14.3. The first-order valence-corrected chi connectivity index (χ1v) is 6.92. The van der Waals surface area contributed by atoms with E-state index in [4.69, 9.17) is 0 Å². The monoisotopic (exact) mass is 260 g/mol. The van der Waals surface area contributed by atoms with Crippen molar-refractivity contribution in [2.24, 2.45) is 0 Å². The van der Waals surface area contributed by atoms with Gasteiger partial charge in [0.05, 0.1) is 6.10 Å². The van der Waals surface area contributed by atoms with E-state index < -0.39 is 6.10 Å². The van der Waals surface area contributed by atoms with E-state index in [2.05, 4.69) is 40.7 Å². The number of benzene rings is 1. The van der Waals surface area contributed by atoms with Crippen molar-refractivity contribution in [1.29, 1.82) is 0 Å². The maximum absolute atomic E-state index is 11.9. The molecule has 0 heterocycles. The molecule has 1 N–H and O–H groups in total. The average molecular weight is 260 g/mol. The van der Waals surface area contributed by atoms with Gasteiger partial charge in [-0.25, -0.2) is 0 Å². The minimum Gasteiger partial charge on any atom is -0.392 e. The van der Waals surface area contributed by atoms with E-state index >= 15 is 0 Å². The van der Waals surface area contributed by atoms with Crippen LogP contribution in [0.25, 0.3) is 0 Å². The molecule has 1 aliphatic rings. The molecule has 2 rings (SSSR count). The topological polar surface area (TPSA) is 37.3 Å². The van der Waals surface area contributed by atoms with Gasteiger partial charge >= 0.3 is 0 Å². The minimum absolute atomic E-state index is 0.00283. The third kappa shape index (κ3) is 2.23. The Morgan fingerprint density at radius 2 is 1.89 bits per heavy atom. The predicted octanol–water partition coefficient (Wildman–Crippen LogP) is 3.38. The molecule has 0 radical (unpaired) electrons. The molecule has 19 heavy (non-hydrogen) atoms. The highest BCUT2D eigenvalue weighted by atomic mass is 16.3. The molecule has 0 bridgehead atoms. The fraction of sp³-hybridized carbons (Fsp3) is 0.588. The molecule has 0 saturated heterocycles. The molecule has 1 unspecified atom stereocenters. The fourth-order valence-electron chi connectivity index (χ4n) is 2.84. The van der Waals surface area contributed by atoms with Crippen molar-refractivity contribution < 1.29 is 9.90 Å². The normalized spacial score (nSPS) is 21.3. The fourth-order valence-corrected chi connectivity index (χ4v) is 2.84. The van der Waals surface area contributed by atoms with Gasteiger partial charge in [-0.05, 0) is 35.1 Å². The van der Waals surface area contributed by atoms with E-state index in [1.54, 1.807) is 6.92 Å². The second kappa shape index (κ2) is 4.17. The second-order valence-corrected chi connectivity index (χ2v) is 7.30.